The van der Waals surface area contributed by atoms with Crippen LogP contribution in [0.25, 0.3) is 11.1 Å². The molecule has 0 aliphatic heterocycles. The van der Waals surface area contributed by atoms with Gasteiger partial charge < -0.3 is 4.74 Å². The van der Waals surface area contributed by atoms with E-state index >= 15 is 0 Å². The Bertz CT molecular complexity index is 1210. The number of nitrogens with one attached hydrogen (secondary N) is 1. The van der Waals surface area contributed by atoms with E-state index in [0.717, 1.165) is 0 Å². The van der Waals surface area contributed by atoms with E-state index in [2.05, 4.69) is 14.7 Å². The summed E-state index contributed by atoms with van der Waals surface area (Å²) < 4.78 is 56.1. The maximum absolute atomic E-state index is 12.8. The van der Waals surface area contributed by atoms with E-state index in [0.29, 0.717) is 11.1 Å². The van der Waals surface area contributed by atoms with Crippen LogP contribution in [0.5, 0.6) is 6.01 Å². The molecule has 0 spiro atoms. The summed E-state index contributed by atoms with van der Waals surface area (Å²) in [5, 5.41) is 5.15. The van der Waals surface area contributed by atoms with E-state index in [4.69, 9.17) is 9.88 Å². The molecule has 0 aliphatic carbocycles. The molecule has 0 bridgehead atoms. The Morgan fingerprint density at radius 3 is 2.25 bits per heavy atom. The van der Waals surface area contributed by atoms with Gasteiger partial charge in [0.05, 0.1) is 17.7 Å². The molecule has 0 atom stereocenters. The van der Waals surface area contributed by atoms with Gasteiger partial charge in [-0.15, -0.1) is 0 Å². The molecule has 1 heterocycles. The molecule has 2 aromatic carbocycles. The van der Waals surface area contributed by atoms with Crippen molar-refractivity contribution in [3.05, 3.63) is 60.9 Å². The Morgan fingerprint density at radius 1 is 0.929 bits per heavy atom. The quantitative estimate of drug-likeness (QED) is 0.617. The molecule has 0 saturated carbocycles. The van der Waals surface area contributed by atoms with Crippen molar-refractivity contribution in [1.29, 1.82) is 0 Å². The summed E-state index contributed by atoms with van der Waals surface area (Å²) in [7, 11) is -6.74. The van der Waals surface area contributed by atoms with Gasteiger partial charge in [0.15, 0.2) is 0 Å². The Balaban J connectivity index is 1.97. The third-order valence-electron chi connectivity index (χ3n) is 3.73. The molecule has 0 radical (unpaired) electrons. The number of aromatic nitrogens is 2. The fourth-order valence-corrected chi connectivity index (χ4v) is 4.30. The van der Waals surface area contributed by atoms with Gasteiger partial charge in [-0.2, -0.15) is 0 Å². The van der Waals surface area contributed by atoms with Crippen LogP contribution in [0.2, 0.25) is 0 Å². The third kappa shape index (κ3) is 4.27. The highest BCUT2D eigenvalue weighted by atomic mass is 32.2. The number of methoxy groups -OCH3 is 1. The number of rotatable bonds is 6. The summed E-state index contributed by atoms with van der Waals surface area (Å²) in [6.45, 7) is 0. The van der Waals surface area contributed by atoms with Gasteiger partial charge in [-0.25, -0.2) is 31.9 Å². The van der Waals surface area contributed by atoms with Gasteiger partial charge in [-0.05, 0) is 29.8 Å². The number of benzene rings is 2. The smallest absolute Gasteiger partial charge is 0.316 e. The van der Waals surface area contributed by atoms with Gasteiger partial charge in [0.25, 0.3) is 10.0 Å². The predicted molar refractivity (Wildman–Crippen MR) is 103 cm³/mol. The van der Waals surface area contributed by atoms with Crippen molar-refractivity contribution in [2.45, 2.75) is 9.79 Å². The van der Waals surface area contributed by atoms with Crippen molar-refractivity contribution in [3.8, 4) is 17.1 Å². The second kappa shape index (κ2) is 7.54. The second-order valence-electron chi connectivity index (χ2n) is 5.63. The van der Waals surface area contributed by atoms with Crippen LogP contribution in [-0.2, 0) is 20.0 Å². The molecule has 9 nitrogen and oxygen atoms in total. The molecule has 11 heteroatoms. The lowest BCUT2D eigenvalue weighted by Crippen LogP contribution is -2.18. The molecule has 0 aliphatic rings. The lowest BCUT2D eigenvalue weighted by molar-refractivity contribution is 0.380. The van der Waals surface area contributed by atoms with E-state index in [-0.39, 0.29) is 21.5 Å². The molecule has 146 valence electrons. The van der Waals surface area contributed by atoms with Crippen molar-refractivity contribution in [3.63, 3.8) is 0 Å². The van der Waals surface area contributed by atoms with Crippen molar-refractivity contribution in [1.82, 2.24) is 9.97 Å². The van der Waals surface area contributed by atoms with E-state index in [1.165, 1.54) is 55.9 Å². The number of anilines is 1. The van der Waals surface area contributed by atoms with Crippen LogP contribution in [0, 0.1) is 0 Å². The lowest BCUT2D eigenvalue weighted by Gasteiger charge is -2.12. The first kappa shape index (κ1) is 19.7. The maximum atomic E-state index is 12.8. The Morgan fingerprint density at radius 2 is 1.61 bits per heavy atom. The second-order valence-corrected chi connectivity index (χ2v) is 8.85. The number of para-hydroxylation sites is 1. The Kier molecular flexibility index (Phi) is 5.31. The molecule has 3 aromatic rings. The first-order chi connectivity index (χ1) is 13.2. The van der Waals surface area contributed by atoms with Gasteiger partial charge in [-0.3, -0.25) is 4.72 Å². The van der Waals surface area contributed by atoms with Crippen LogP contribution in [-0.4, -0.2) is 33.9 Å². The standard InChI is InChI=1S/C17H16N4O5S2/c1-26-17-19-10-13(11-20-17)12-5-4-6-14(9-12)28(24,25)21-15-7-2-3-8-16(15)27(18,22)23/h2-11,21H,1H3,(H2,18,22,23). The zero-order valence-electron chi connectivity index (χ0n) is 14.6. The summed E-state index contributed by atoms with van der Waals surface area (Å²) in [4.78, 5) is 7.60. The number of hydrogen-bond acceptors (Lipinski definition) is 7. The minimum atomic E-state index is -4.10. The van der Waals surface area contributed by atoms with Crippen molar-refractivity contribution >= 4 is 25.7 Å². The van der Waals surface area contributed by atoms with Crippen LogP contribution < -0.4 is 14.6 Å². The average Bonchev–Trinajstić information content (AvgIpc) is 2.67. The minimum Gasteiger partial charge on any atom is -0.467 e. The average molecular weight is 420 g/mol. The van der Waals surface area contributed by atoms with Crippen LogP contribution in [0.3, 0.4) is 0 Å². The first-order valence-electron chi connectivity index (χ1n) is 7.82. The monoisotopic (exact) mass is 420 g/mol. The van der Waals surface area contributed by atoms with E-state index in [1.54, 1.807) is 12.1 Å². The van der Waals surface area contributed by atoms with Crippen molar-refractivity contribution in [2.75, 3.05) is 11.8 Å². The topological polar surface area (TPSA) is 141 Å². The molecule has 1 aromatic heterocycles. The van der Waals surface area contributed by atoms with E-state index in [1.807, 2.05) is 0 Å². The van der Waals surface area contributed by atoms with Gasteiger partial charge in [0, 0.05) is 18.0 Å². The zero-order valence-corrected chi connectivity index (χ0v) is 16.2. The molecule has 28 heavy (non-hydrogen) atoms. The highest BCUT2D eigenvalue weighted by molar-refractivity contribution is 7.93. The molecule has 0 saturated heterocycles. The van der Waals surface area contributed by atoms with Crippen LogP contribution in [0.15, 0.2) is 70.7 Å². The number of sulfonamides is 2. The van der Waals surface area contributed by atoms with Crippen LogP contribution in [0.1, 0.15) is 0 Å². The van der Waals surface area contributed by atoms with E-state index < -0.39 is 20.0 Å². The van der Waals surface area contributed by atoms with E-state index in [9.17, 15) is 16.8 Å². The number of hydrogen-bond donors (Lipinski definition) is 2. The molecule has 0 fully saturated rings. The number of nitrogens with zero attached hydrogens (tertiary/aromatic N) is 2. The summed E-state index contributed by atoms with van der Waals surface area (Å²) in [6.07, 6.45) is 3.00. The summed E-state index contributed by atoms with van der Waals surface area (Å²) in [5.41, 5.74) is 1.01. The summed E-state index contributed by atoms with van der Waals surface area (Å²) >= 11 is 0. The molecule has 0 unspecified atom stereocenters. The highest BCUT2D eigenvalue weighted by Crippen LogP contribution is 2.26. The first-order valence-corrected chi connectivity index (χ1v) is 10.8. The number of nitrogens with two attached hydrogens (primary N) is 1. The summed E-state index contributed by atoms with van der Waals surface area (Å²) in [6, 6.07) is 11.7. The third-order valence-corrected chi connectivity index (χ3v) is 6.06. The zero-order chi connectivity index (χ0) is 20.4. The van der Waals surface area contributed by atoms with Gasteiger partial charge in [0.2, 0.25) is 10.0 Å². The fraction of sp³-hybridized carbons (Fsp3) is 0.0588. The van der Waals surface area contributed by atoms with Crippen molar-refractivity contribution in [2.24, 2.45) is 5.14 Å². The van der Waals surface area contributed by atoms with Crippen LogP contribution in [0.4, 0.5) is 5.69 Å². The number of ether oxygens (including phenoxy) is 1. The molecule has 3 rings (SSSR count). The molecular formula is C17H16N4O5S2. The minimum absolute atomic E-state index is 0.0648. The Hall–Kier alpha value is -3.02. The lowest BCUT2D eigenvalue weighted by atomic mass is 10.1. The van der Waals surface area contributed by atoms with Gasteiger partial charge >= 0.3 is 6.01 Å². The molecular weight excluding hydrogens is 404 g/mol. The number of primary sulfonamides is 1. The molecule has 3 N–H and O–H groups in total. The molecule has 0 amide bonds. The predicted octanol–water partition coefficient (Wildman–Crippen LogP) is 1.60. The highest BCUT2D eigenvalue weighted by Gasteiger charge is 2.20. The Labute approximate surface area is 162 Å². The van der Waals surface area contributed by atoms with Gasteiger partial charge in [-0.1, -0.05) is 24.3 Å². The normalized spacial score (nSPS) is 11.8. The SMILES string of the molecule is COc1ncc(-c2cccc(S(=O)(=O)Nc3ccccc3S(N)(=O)=O)c2)cn1. The van der Waals surface area contributed by atoms with Crippen molar-refractivity contribution < 1.29 is 21.6 Å². The van der Waals surface area contributed by atoms with Gasteiger partial charge in [0.1, 0.15) is 4.90 Å². The van der Waals surface area contributed by atoms with Crippen LogP contribution >= 0.6 is 0 Å². The summed E-state index contributed by atoms with van der Waals surface area (Å²) in [5.74, 6) is 0. The maximum Gasteiger partial charge on any atom is 0.316 e. The fourth-order valence-electron chi connectivity index (χ4n) is 2.42. The largest absolute Gasteiger partial charge is 0.467 e.